The second-order valence-corrected chi connectivity index (χ2v) is 5.97. The number of benzene rings is 1. The lowest BCUT2D eigenvalue weighted by Crippen LogP contribution is -2.39. The number of hydrogen-bond acceptors (Lipinski definition) is 5. The molecule has 1 N–H and O–H groups in total. The van der Waals surface area contributed by atoms with Gasteiger partial charge in [-0.25, -0.2) is 4.98 Å². The Morgan fingerprint density at radius 1 is 1.04 bits per heavy atom. The van der Waals surface area contributed by atoms with Crippen LogP contribution in [-0.2, 0) is 13.0 Å². The van der Waals surface area contributed by atoms with Crippen LogP contribution in [0.3, 0.4) is 0 Å². The normalized spacial score (nSPS) is 11.1. The zero-order valence-corrected chi connectivity index (χ0v) is 16.7. The molecule has 146 valence electrons. The highest BCUT2D eigenvalue weighted by Crippen LogP contribution is 2.27. The zero-order valence-electron chi connectivity index (χ0n) is 16.7. The first-order chi connectivity index (χ1) is 13.1. The monoisotopic (exact) mass is 372 g/mol. The Morgan fingerprint density at radius 2 is 1.78 bits per heavy atom. The van der Waals surface area contributed by atoms with E-state index in [0.717, 1.165) is 36.0 Å². The fourth-order valence-corrected chi connectivity index (χ4v) is 2.64. The molecule has 0 spiro atoms. The van der Waals surface area contributed by atoms with Crippen LogP contribution in [-0.4, -0.2) is 57.8 Å². The van der Waals surface area contributed by atoms with Gasteiger partial charge in [0.1, 0.15) is 0 Å². The van der Waals surface area contributed by atoms with Crippen LogP contribution in [0.2, 0.25) is 0 Å². The van der Waals surface area contributed by atoms with Crippen molar-refractivity contribution in [2.24, 2.45) is 4.99 Å². The average molecular weight is 372 g/mol. The number of ether oxygens (including phenoxy) is 3. The maximum Gasteiger partial charge on any atom is 0.212 e. The van der Waals surface area contributed by atoms with Crippen LogP contribution < -0.4 is 19.5 Å². The van der Waals surface area contributed by atoms with Crippen molar-refractivity contribution < 1.29 is 14.2 Å². The number of hydrogen-bond donors (Lipinski definition) is 1. The summed E-state index contributed by atoms with van der Waals surface area (Å²) >= 11 is 0. The van der Waals surface area contributed by atoms with Gasteiger partial charge >= 0.3 is 0 Å². The molecule has 2 rings (SSSR count). The van der Waals surface area contributed by atoms with Crippen LogP contribution in [0.4, 0.5) is 0 Å². The van der Waals surface area contributed by atoms with E-state index in [1.54, 1.807) is 34.6 Å². The van der Waals surface area contributed by atoms with Crippen molar-refractivity contribution in [2.45, 2.75) is 13.0 Å². The number of pyridine rings is 1. The molecule has 0 saturated carbocycles. The third-order valence-electron chi connectivity index (χ3n) is 4.21. The van der Waals surface area contributed by atoms with Gasteiger partial charge in [0.05, 0.1) is 21.3 Å². The van der Waals surface area contributed by atoms with Gasteiger partial charge in [-0.1, -0.05) is 12.1 Å². The minimum absolute atomic E-state index is 0.607. The predicted octanol–water partition coefficient (Wildman–Crippen LogP) is 2.36. The molecule has 0 aliphatic carbocycles. The van der Waals surface area contributed by atoms with E-state index in [1.807, 2.05) is 31.3 Å². The Hall–Kier alpha value is -2.96. The van der Waals surface area contributed by atoms with Crippen LogP contribution >= 0.6 is 0 Å². The van der Waals surface area contributed by atoms with Crippen molar-refractivity contribution in [2.75, 3.05) is 42.0 Å². The summed E-state index contributed by atoms with van der Waals surface area (Å²) in [5.74, 6) is 2.91. The SMILES string of the molecule is CN=C(NCc1ccc(OC)nc1)N(C)CCc1ccc(OC)c(OC)c1. The second kappa shape index (κ2) is 10.3. The first-order valence-corrected chi connectivity index (χ1v) is 8.72. The molecule has 1 aromatic carbocycles. The number of nitrogens with one attached hydrogen (secondary N) is 1. The molecule has 7 heteroatoms. The van der Waals surface area contributed by atoms with Crippen LogP contribution in [0.1, 0.15) is 11.1 Å². The topological polar surface area (TPSA) is 68.2 Å². The number of aliphatic imine (C=N–C) groups is 1. The van der Waals surface area contributed by atoms with Gasteiger partial charge in [-0.3, -0.25) is 4.99 Å². The maximum absolute atomic E-state index is 5.37. The Bertz CT molecular complexity index is 747. The van der Waals surface area contributed by atoms with Crippen molar-refractivity contribution in [1.82, 2.24) is 15.2 Å². The minimum atomic E-state index is 0.607. The second-order valence-electron chi connectivity index (χ2n) is 5.97. The summed E-state index contributed by atoms with van der Waals surface area (Å²) in [6, 6.07) is 9.81. The summed E-state index contributed by atoms with van der Waals surface area (Å²) in [4.78, 5) is 10.7. The highest BCUT2D eigenvalue weighted by atomic mass is 16.5. The van der Waals surface area contributed by atoms with Gasteiger partial charge in [-0.15, -0.1) is 0 Å². The van der Waals surface area contributed by atoms with Crippen LogP contribution in [0.5, 0.6) is 17.4 Å². The van der Waals surface area contributed by atoms with E-state index in [0.29, 0.717) is 12.4 Å². The third-order valence-corrected chi connectivity index (χ3v) is 4.21. The standard InChI is InChI=1S/C20H28N4O3/c1-21-20(23-14-16-7-9-19(27-5)22-13-16)24(2)11-10-15-6-8-17(25-3)18(12-15)26-4/h6-9,12-13H,10-11,14H2,1-5H3,(H,21,23). The quantitative estimate of drug-likeness (QED) is 0.567. The van der Waals surface area contributed by atoms with Gasteiger partial charge in [-0.2, -0.15) is 0 Å². The Labute approximate surface area is 161 Å². The smallest absolute Gasteiger partial charge is 0.212 e. The summed E-state index contributed by atoms with van der Waals surface area (Å²) in [6.07, 6.45) is 2.66. The van der Waals surface area contributed by atoms with Gasteiger partial charge in [0.15, 0.2) is 17.5 Å². The van der Waals surface area contributed by atoms with E-state index >= 15 is 0 Å². The number of nitrogens with zero attached hydrogens (tertiary/aromatic N) is 3. The fourth-order valence-electron chi connectivity index (χ4n) is 2.64. The molecule has 7 nitrogen and oxygen atoms in total. The Balaban J connectivity index is 1.89. The fraction of sp³-hybridized carbons (Fsp3) is 0.400. The number of guanidine groups is 1. The molecule has 1 aromatic heterocycles. The first-order valence-electron chi connectivity index (χ1n) is 8.72. The summed E-state index contributed by atoms with van der Waals surface area (Å²) < 4.78 is 15.7. The van der Waals surface area contributed by atoms with Crippen molar-refractivity contribution in [3.8, 4) is 17.4 Å². The van der Waals surface area contributed by atoms with E-state index in [4.69, 9.17) is 14.2 Å². The van der Waals surface area contributed by atoms with Crippen LogP contribution in [0.15, 0.2) is 41.5 Å². The van der Waals surface area contributed by atoms with Gasteiger partial charge in [0, 0.05) is 39.4 Å². The van der Waals surface area contributed by atoms with E-state index < -0.39 is 0 Å². The lowest BCUT2D eigenvalue weighted by atomic mass is 10.1. The van der Waals surface area contributed by atoms with Crippen molar-refractivity contribution in [1.29, 1.82) is 0 Å². The number of rotatable bonds is 8. The first kappa shape index (κ1) is 20.4. The van der Waals surface area contributed by atoms with Crippen molar-refractivity contribution in [3.63, 3.8) is 0 Å². The van der Waals surface area contributed by atoms with Crippen LogP contribution in [0.25, 0.3) is 0 Å². The van der Waals surface area contributed by atoms with Gasteiger partial charge < -0.3 is 24.4 Å². The molecule has 27 heavy (non-hydrogen) atoms. The summed E-state index contributed by atoms with van der Waals surface area (Å²) in [5, 5.41) is 3.35. The molecule has 0 aliphatic rings. The lowest BCUT2D eigenvalue weighted by molar-refractivity contribution is 0.354. The molecule has 0 unspecified atom stereocenters. The summed E-state index contributed by atoms with van der Waals surface area (Å²) in [6.45, 7) is 1.46. The van der Waals surface area contributed by atoms with Gasteiger partial charge in [-0.05, 0) is 29.7 Å². The Morgan fingerprint density at radius 3 is 2.37 bits per heavy atom. The molecule has 2 aromatic rings. The Kier molecular flexibility index (Phi) is 7.73. The lowest BCUT2D eigenvalue weighted by Gasteiger charge is -2.22. The highest BCUT2D eigenvalue weighted by Gasteiger charge is 2.09. The molecule has 0 radical (unpaired) electrons. The van der Waals surface area contributed by atoms with Crippen molar-refractivity contribution in [3.05, 3.63) is 47.7 Å². The van der Waals surface area contributed by atoms with Gasteiger partial charge in [0.25, 0.3) is 0 Å². The summed E-state index contributed by atoms with van der Waals surface area (Å²) in [5.41, 5.74) is 2.24. The molecule has 0 aliphatic heterocycles. The number of aromatic nitrogens is 1. The maximum atomic E-state index is 5.37. The molecular formula is C20H28N4O3. The van der Waals surface area contributed by atoms with Crippen LogP contribution in [0, 0.1) is 0 Å². The molecular weight excluding hydrogens is 344 g/mol. The molecule has 0 atom stereocenters. The van der Waals surface area contributed by atoms with E-state index in [1.165, 1.54) is 5.56 Å². The molecule has 1 heterocycles. The third kappa shape index (κ3) is 5.77. The molecule has 0 fully saturated rings. The minimum Gasteiger partial charge on any atom is -0.493 e. The molecule has 0 saturated heterocycles. The average Bonchev–Trinajstić information content (AvgIpc) is 2.72. The number of methoxy groups -OCH3 is 3. The number of likely N-dealkylation sites (N-methyl/N-ethyl adjacent to an activating group) is 1. The summed E-state index contributed by atoms with van der Waals surface area (Å²) in [7, 11) is 8.69. The molecule has 0 bridgehead atoms. The highest BCUT2D eigenvalue weighted by molar-refractivity contribution is 5.79. The van der Waals surface area contributed by atoms with Crippen molar-refractivity contribution >= 4 is 5.96 Å². The zero-order chi connectivity index (χ0) is 19.6. The van der Waals surface area contributed by atoms with E-state index in [9.17, 15) is 0 Å². The predicted molar refractivity (Wildman–Crippen MR) is 107 cm³/mol. The van der Waals surface area contributed by atoms with E-state index in [-0.39, 0.29) is 0 Å². The van der Waals surface area contributed by atoms with Gasteiger partial charge in [0.2, 0.25) is 5.88 Å². The van der Waals surface area contributed by atoms with E-state index in [2.05, 4.69) is 26.3 Å². The largest absolute Gasteiger partial charge is 0.493 e. The molecule has 0 amide bonds.